The van der Waals surface area contributed by atoms with Gasteiger partial charge in [-0.05, 0) is 19.2 Å². The third-order valence-corrected chi connectivity index (χ3v) is 4.20. The smallest absolute Gasteiger partial charge is 0.341 e. The van der Waals surface area contributed by atoms with Gasteiger partial charge in [-0.25, -0.2) is 18.0 Å². The van der Waals surface area contributed by atoms with Crippen LogP contribution in [0.4, 0.5) is 30.2 Å². The van der Waals surface area contributed by atoms with Crippen LogP contribution in [0.3, 0.4) is 0 Å². The second kappa shape index (κ2) is 8.71. The van der Waals surface area contributed by atoms with Gasteiger partial charge in [-0.1, -0.05) is 0 Å². The van der Waals surface area contributed by atoms with Crippen LogP contribution in [0, 0.1) is 27.6 Å². The molecule has 0 saturated carbocycles. The first-order chi connectivity index (χ1) is 14.6. The Labute approximate surface area is 171 Å². The zero-order chi connectivity index (χ0) is 23.6. The summed E-state index contributed by atoms with van der Waals surface area (Å²) in [4.78, 5) is 34.6. The lowest BCUT2D eigenvalue weighted by Crippen LogP contribution is -2.20. The molecule has 13 heteroatoms. The summed E-state index contributed by atoms with van der Waals surface area (Å²) < 4.78 is 43.1. The fourth-order valence-electron chi connectivity index (χ4n) is 2.94. The average Bonchev–Trinajstić information content (AvgIpc) is 2.71. The largest absolute Gasteiger partial charge is 0.477 e. The van der Waals surface area contributed by atoms with Crippen molar-refractivity contribution in [1.29, 1.82) is 0 Å². The van der Waals surface area contributed by atoms with Crippen LogP contribution in [0.15, 0.2) is 29.2 Å². The zero-order valence-electron chi connectivity index (χ0n) is 16.1. The minimum Gasteiger partial charge on any atom is -0.477 e. The Kier molecular flexibility index (Phi) is 6.50. The summed E-state index contributed by atoms with van der Waals surface area (Å²) in [7, 11) is 2.68. The number of carboxylic acid groups (broad SMARTS) is 1. The minimum atomic E-state index is -1.73. The molecule has 0 bridgehead atoms. The van der Waals surface area contributed by atoms with Crippen LogP contribution in [-0.4, -0.2) is 34.7 Å². The van der Waals surface area contributed by atoms with E-state index >= 15 is 0 Å². The Hall–Kier alpha value is -4.13. The number of nitro benzene ring substituents is 1. The molecule has 10 nitrogen and oxygen atoms in total. The highest BCUT2D eigenvalue weighted by molar-refractivity contribution is 5.99. The van der Waals surface area contributed by atoms with Crippen molar-refractivity contribution in [2.75, 3.05) is 25.1 Å². The van der Waals surface area contributed by atoms with Crippen LogP contribution in [-0.2, 0) is 0 Å². The van der Waals surface area contributed by atoms with E-state index in [0.717, 1.165) is 6.07 Å². The fraction of sp³-hybridized carbons (Fsp3) is 0.111. The molecule has 31 heavy (non-hydrogen) atoms. The molecule has 0 aliphatic heterocycles. The Balaban J connectivity index is 0.00000166. The quantitative estimate of drug-likeness (QED) is 0.273. The summed E-state index contributed by atoms with van der Waals surface area (Å²) in [6.07, 6.45) is 0.632. The summed E-state index contributed by atoms with van der Waals surface area (Å²) in [6, 6.07) is 1.76. The van der Waals surface area contributed by atoms with Gasteiger partial charge >= 0.3 is 11.7 Å². The number of halogens is 3. The lowest BCUT2D eigenvalue weighted by atomic mass is 10.1. The summed E-state index contributed by atoms with van der Waals surface area (Å²) in [6.45, 7) is 0. The molecular weight excluding hydrogens is 423 g/mol. The van der Waals surface area contributed by atoms with Crippen LogP contribution in [0.2, 0.25) is 0 Å². The van der Waals surface area contributed by atoms with Gasteiger partial charge in [0.25, 0.3) is 0 Å². The van der Waals surface area contributed by atoms with Gasteiger partial charge in [0.1, 0.15) is 22.7 Å². The molecule has 3 rings (SSSR count). The van der Waals surface area contributed by atoms with E-state index in [1.54, 1.807) is 0 Å². The van der Waals surface area contributed by atoms with Gasteiger partial charge in [-0.15, -0.1) is 0 Å². The first-order valence-electron chi connectivity index (χ1n) is 8.38. The summed E-state index contributed by atoms with van der Waals surface area (Å²) in [5, 5.41) is 22.5. The molecule has 0 saturated heterocycles. The van der Waals surface area contributed by atoms with E-state index in [2.05, 4.69) is 11.1 Å². The molecule has 0 unspecified atom stereocenters. The number of nitro groups is 1. The maximum atomic E-state index is 14.5. The standard InChI is InChI=1S/C17H11F3N4O5.CH5N/c1-22-13-10(20)2-6-14(15(13)24(28)29)23(5-7(16(6)25)17(26)27)12-4-11(21)8(18)3-9(12)19;1-2/h2-5,22H,21H2,1H3,(H,26,27);2H2,1H3. The number of benzene rings is 2. The molecule has 0 spiro atoms. The first-order valence-corrected chi connectivity index (χ1v) is 8.38. The van der Waals surface area contributed by atoms with E-state index in [9.17, 15) is 38.0 Å². The molecule has 3 aromatic rings. The Morgan fingerprint density at radius 2 is 1.77 bits per heavy atom. The van der Waals surface area contributed by atoms with Gasteiger partial charge in [0.2, 0.25) is 5.43 Å². The van der Waals surface area contributed by atoms with Gasteiger partial charge in [-0.3, -0.25) is 14.9 Å². The van der Waals surface area contributed by atoms with E-state index < -0.39 is 73.0 Å². The fourth-order valence-corrected chi connectivity index (χ4v) is 2.94. The Morgan fingerprint density at radius 3 is 2.29 bits per heavy atom. The van der Waals surface area contributed by atoms with Crippen molar-refractivity contribution in [3.8, 4) is 5.69 Å². The second-order valence-electron chi connectivity index (χ2n) is 5.86. The van der Waals surface area contributed by atoms with E-state index in [1.807, 2.05) is 0 Å². The molecule has 6 N–H and O–H groups in total. The van der Waals surface area contributed by atoms with E-state index in [4.69, 9.17) is 5.73 Å². The van der Waals surface area contributed by atoms with Crippen LogP contribution < -0.4 is 22.2 Å². The number of nitrogens with zero attached hydrogens (tertiary/aromatic N) is 2. The van der Waals surface area contributed by atoms with Crippen molar-refractivity contribution in [1.82, 2.24) is 4.57 Å². The third-order valence-electron chi connectivity index (χ3n) is 4.20. The van der Waals surface area contributed by atoms with Crippen molar-refractivity contribution in [2.24, 2.45) is 5.73 Å². The number of nitrogen functional groups attached to an aromatic ring is 1. The number of carboxylic acids is 1. The van der Waals surface area contributed by atoms with Gasteiger partial charge < -0.3 is 26.5 Å². The predicted octanol–water partition coefficient (Wildman–Crippen LogP) is 2.21. The topological polar surface area (TPSA) is 167 Å². The second-order valence-corrected chi connectivity index (χ2v) is 5.86. The lowest BCUT2D eigenvalue weighted by Gasteiger charge is -2.16. The number of anilines is 2. The number of nitrogens with two attached hydrogens (primary N) is 2. The Bertz CT molecular complexity index is 1280. The molecule has 164 valence electrons. The number of rotatable bonds is 4. The number of hydrogen-bond acceptors (Lipinski definition) is 7. The molecule has 0 amide bonds. The van der Waals surface area contributed by atoms with Crippen LogP contribution in [0.25, 0.3) is 16.6 Å². The number of carbonyl (C=O) groups is 1. The molecule has 1 aromatic heterocycles. The Morgan fingerprint density at radius 1 is 1.16 bits per heavy atom. The maximum Gasteiger partial charge on any atom is 0.341 e. The number of pyridine rings is 1. The van der Waals surface area contributed by atoms with E-state index in [1.165, 1.54) is 14.1 Å². The zero-order valence-corrected chi connectivity index (χ0v) is 16.1. The molecule has 0 aliphatic rings. The summed E-state index contributed by atoms with van der Waals surface area (Å²) in [5.74, 6) is -5.30. The normalized spacial score (nSPS) is 10.4. The van der Waals surface area contributed by atoms with Crippen molar-refractivity contribution >= 4 is 33.9 Å². The molecule has 0 aliphatic carbocycles. The third kappa shape index (κ3) is 3.85. The average molecular weight is 439 g/mol. The van der Waals surface area contributed by atoms with Crippen molar-refractivity contribution in [3.05, 3.63) is 67.7 Å². The van der Waals surface area contributed by atoms with E-state index in [-0.39, 0.29) is 0 Å². The number of aromatic carboxylic acids is 1. The molecule has 1 heterocycles. The van der Waals surface area contributed by atoms with Gasteiger partial charge in [0.15, 0.2) is 11.5 Å². The molecule has 0 atom stereocenters. The maximum absolute atomic E-state index is 14.5. The monoisotopic (exact) mass is 439 g/mol. The number of fused-ring (bicyclic) bond motifs is 1. The van der Waals surface area contributed by atoms with Gasteiger partial charge in [0, 0.05) is 19.3 Å². The highest BCUT2D eigenvalue weighted by Crippen LogP contribution is 2.37. The lowest BCUT2D eigenvalue weighted by molar-refractivity contribution is -0.382. The SMILES string of the molecule is CN.CNc1c(F)cc2c(=O)c(C(=O)O)cn(-c3cc(N)c(F)cc3F)c2c1[N+](=O)[O-]. The van der Waals surface area contributed by atoms with Crippen LogP contribution in [0.5, 0.6) is 0 Å². The first kappa shape index (κ1) is 23.2. The van der Waals surface area contributed by atoms with Gasteiger partial charge in [0.05, 0.1) is 21.7 Å². The number of hydrogen-bond donors (Lipinski definition) is 4. The van der Waals surface area contributed by atoms with Crippen molar-refractivity contribution in [3.63, 3.8) is 0 Å². The summed E-state index contributed by atoms with van der Waals surface area (Å²) in [5.41, 5.74) is 4.53. The summed E-state index contributed by atoms with van der Waals surface area (Å²) >= 11 is 0. The number of nitrogens with one attached hydrogen (secondary N) is 1. The molecule has 0 radical (unpaired) electrons. The van der Waals surface area contributed by atoms with Crippen LogP contribution >= 0.6 is 0 Å². The predicted molar refractivity (Wildman–Crippen MR) is 107 cm³/mol. The van der Waals surface area contributed by atoms with E-state index in [0.29, 0.717) is 22.9 Å². The number of aromatic nitrogens is 1. The van der Waals surface area contributed by atoms with Gasteiger partial charge in [-0.2, -0.15) is 0 Å². The van der Waals surface area contributed by atoms with Crippen molar-refractivity contribution < 1.29 is 28.0 Å². The van der Waals surface area contributed by atoms with Crippen LogP contribution in [0.1, 0.15) is 10.4 Å². The molecule has 0 fully saturated rings. The highest BCUT2D eigenvalue weighted by atomic mass is 19.1. The highest BCUT2D eigenvalue weighted by Gasteiger charge is 2.29. The van der Waals surface area contributed by atoms with Crippen molar-refractivity contribution in [2.45, 2.75) is 0 Å². The molecule has 2 aromatic carbocycles. The minimum absolute atomic E-state index is 0.392. The molecular formula is C18H16F3N5O5.